The highest BCUT2D eigenvalue weighted by Crippen LogP contribution is 2.16. The molecule has 0 atom stereocenters. The van der Waals surface area contributed by atoms with E-state index in [1.165, 1.54) is 25.7 Å². The van der Waals surface area contributed by atoms with Crippen LogP contribution in [0.2, 0.25) is 0 Å². The van der Waals surface area contributed by atoms with Crippen LogP contribution in [0.3, 0.4) is 0 Å². The Morgan fingerprint density at radius 2 is 1.88 bits per heavy atom. The molecule has 1 rings (SSSR count). The normalized spacial score (nSPS) is 22.1. The lowest BCUT2D eigenvalue weighted by Gasteiger charge is -2.08. The zero-order chi connectivity index (χ0) is 5.82. The van der Waals surface area contributed by atoms with Gasteiger partial charge in [0, 0.05) is 6.04 Å². The summed E-state index contributed by atoms with van der Waals surface area (Å²) in [6, 6.07) is 0.750. The van der Waals surface area contributed by atoms with E-state index in [1.807, 2.05) is 7.05 Å². The van der Waals surface area contributed by atoms with Gasteiger partial charge in [-0.25, -0.2) is 0 Å². The second-order valence-corrected chi connectivity index (χ2v) is 2.38. The number of hydrazine groups is 1. The average molecular weight is 114 g/mol. The number of hydrogen-bond donors (Lipinski definition) is 2. The first-order valence-electron chi connectivity index (χ1n) is 3.36. The Hall–Kier alpha value is -0.0800. The molecule has 0 spiro atoms. The minimum absolute atomic E-state index is 0.750. The molecular formula is C6H14N2. The van der Waals surface area contributed by atoms with Gasteiger partial charge in [-0.05, 0) is 19.9 Å². The Morgan fingerprint density at radius 1 is 1.25 bits per heavy atom. The van der Waals surface area contributed by atoms with Crippen molar-refractivity contribution in [2.75, 3.05) is 7.05 Å². The van der Waals surface area contributed by atoms with E-state index in [2.05, 4.69) is 10.9 Å². The molecule has 2 nitrogen and oxygen atoms in total. The number of hydrogen-bond acceptors (Lipinski definition) is 2. The predicted molar refractivity (Wildman–Crippen MR) is 34.5 cm³/mol. The van der Waals surface area contributed by atoms with E-state index in [9.17, 15) is 0 Å². The van der Waals surface area contributed by atoms with E-state index in [1.54, 1.807) is 0 Å². The Labute approximate surface area is 50.6 Å². The first-order chi connectivity index (χ1) is 3.93. The van der Waals surface area contributed by atoms with E-state index >= 15 is 0 Å². The van der Waals surface area contributed by atoms with E-state index in [0.29, 0.717) is 0 Å². The lowest BCUT2D eigenvalue weighted by atomic mass is 10.3. The van der Waals surface area contributed by atoms with Crippen molar-refractivity contribution >= 4 is 0 Å². The minimum Gasteiger partial charge on any atom is -0.261 e. The summed E-state index contributed by atoms with van der Waals surface area (Å²) in [4.78, 5) is 0. The number of rotatable bonds is 2. The maximum absolute atomic E-state index is 3.19. The highest BCUT2D eigenvalue weighted by molar-refractivity contribution is 4.70. The van der Waals surface area contributed by atoms with Crippen LogP contribution in [0.5, 0.6) is 0 Å². The van der Waals surface area contributed by atoms with Gasteiger partial charge < -0.3 is 0 Å². The van der Waals surface area contributed by atoms with Gasteiger partial charge in [0.15, 0.2) is 0 Å². The summed E-state index contributed by atoms with van der Waals surface area (Å²) in [7, 11) is 1.93. The van der Waals surface area contributed by atoms with Crippen molar-refractivity contribution in [1.29, 1.82) is 0 Å². The van der Waals surface area contributed by atoms with Gasteiger partial charge in [0.05, 0.1) is 0 Å². The molecule has 0 aliphatic heterocycles. The molecule has 2 heteroatoms. The summed E-state index contributed by atoms with van der Waals surface area (Å²) in [5, 5.41) is 0. The fourth-order valence-corrected chi connectivity index (χ4v) is 1.27. The van der Waals surface area contributed by atoms with Crippen LogP contribution in [0, 0.1) is 0 Å². The summed E-state index contributed by atoms with van der Waals surface area (Å²) in [6.07, 6.45) is 5.50. The van der Waals surface area contributed by atoms with Gasteiger partial charge in [-0.2, -0.15) is 0 Å². The Bertz CT molecular complexity index is 57.5. The van der Waals surface area contributed by atoms with E-state index < -0.39 is 0 Å². The first-order valence-corrected chi connectivity index (χ1v) is 3.36. The monoisotopic (exact) mass is 114 g/mol. The molecular weight excluding hydrogens is 100 g/mol. The maximum Gasteiger partial charge on any atom is 0.0212 e. The largest absolute Gasteiger partial charge is 0.261 e. The summed E-state index contributed by atoms with van der Waals surface area (Å²) in [5.41, 5.74) is 6.15. The zero-order valence-corrected chi connectivity index (χ0v) is 5.41. The standard InChI is InChI=1S/C6H14N2/c1-7-8-6-4-2-3-5-6/h6-8H,2-5H2,1H3. The fourth-order valence-electron chi connectivity index (χ4n) is 1.27. The molecule has 0 saturated heterocycles. The van der Waals surface area contributed by atoms with Gasteiger partial charge in [0.1, 0.15) is 0 Å². The minimum atomic E-state index is 0.750. The summed E-state index contributed by atoms with van der Waals surface area (Å²) in [5.74, 6) is 0. The third kappa shape index (κ3) is 1.46. The molecule has 0 aromatic rings. The van der Waals surface area contributed by atoms with Crippen LogP contribution < -0.4 is 10.9 Å². The van der Waals surface area contributed by atoms with Crippen molar-refractivity contribution in [3.05, 3.63) is 0 Å². The Balaban J connectivity index is 2.06. The molecule has 1 saturated carbocycles. The van der Waals surface area contributed by atoms with Gasteiger partial charge >= 0.3 is 0 Å². The maximum atomic E-state index is 3.19. The van der Waals surface area contributed by atoms with Crippen molar-refractivity contribution in [2.45, 2.75) is 31.7 Å². The van der Waals surface area contributed by atoms with Crippen molar-refractivity contribution in [3.63, 3.8) is 0 Å². The first kappa shape index (κ1) is 6.05. The van der Waals surface area contributed by atoms with Gasteiger partial charge in [0.2, 0.25) is 0 Å². The highest BCUT2D eigenvalue weighted by atomic mass is 15.3. The molecule has 1 aliphatic carbocycles. The molecule has 0 heterocycles. The molecule has 0 unspecified atom stereocenters. The molecule has 0 aromatic heterocycles. The topological polar surface area (TPSA) is 24.1 Å². The van der Waals surface area contributed by atoms with Crippen molar-refractivity contribution < 1.29 is 0 Å². The second kappa shape index (κ2) is 3.05. The third-order valence-corrected chi connectivity index (χ3v) is 1.70. The molecule has 0 bridgehead atoms. The summed E-state index contributed by atoms with van der Waals surface area (Å²) < 4.78 is 0. The van der Waals surface area contributed by atoms with E-state index in [4.69, 9.17) is 0 Å². The molecule has 0 radical (unpaired) electrons. The highest BCUT2D eigenvalue weighted by Gasteiger charge is 2.12. The second-order valence-electron chi connectivity index (χ2n) is 2.38. The Morgan fingerprint density at radius 3 is 2.38 bits per heavy atom. The Kier molecular flexibility index (Phi) is 2.30. The van der Waals surface area contributed by atoms with Gasteiger partial charge in [-0.15, -0.1) is 0 Å². The van der Waals surface area contributed by atoms with Crippen LogP contribution in [0.15, 0.2) is 0 Å². The lowest BCUT2D eigenvalue weighted by Crippen LogP contribution is -2.36. The van der Waals surface area contributed by atoms with Gasteiger partial charge in [0.25, 0.3) is 0 Å². The third-order valence-electron chi connectivity index (χ3n) is 1.70. The van der Waals surface area contributed by atoms with Crippen LogP contribution in [-0.4, -0.2) is 13.1 Å². The molecule has 0 aromatic carbocycles. The molecule has 2 N–H and O–H groups in total. The van der Waals surface area contributed by atoms with Crippen LogP contribution >= 0.6 is 0 Å². The van der Waals surface area contributed by atoms with Crippen molar-refractivity contribution in [2.24, 2.45) is 0 Å². The molecule has 1 fully saturated rings. The molecule has 0 amide bonds. The van der Waals surface area contributed by atoms with E-state index in [-0.39, 0.29) is 0 Å². The summed E-state index contributed by atoms with van der Waals surface area (Å²) in [6.45, 7) is 0. The van der Waals surface area contributed by atoms with Crippen molar-refractivity contribution in [1.82, 2.24) is 10.9 Å². The SMILES string of the molecule is CNNC1CCCC1. The van der Waals surface area contributed by atoms with E-state index in [0.717, 1.165) is 6.04 Å². The van der Waals surface area contributed by atoms with Crippen LogP contribution in [-0.2, 0) is 0 Å². The number of nitrogens with one attached hydrogen (secondary N) is 2. The fraction of sp³-hybridized carbons (Fsp3) is 1.00. The van der Waals surface area contributed by atoms with Gasteiger partial charge in [-0.1, -0.05) is 12.8 Å². The molecule has 8 heavy (non-hydrogen) atoms. The smallest absolute Gasteiger partial charge is 0.0212 e. The zero-order valence-electron chi connectivity index (χ0n) is 5.41. The molecule has 1 aliphatic rings. The van der Waals surface area contributed by atoms with Crippen LogP contribution in [0.4, 0.5) is 0 Å². The quantitative estimate of drug-likeness (QED) is 0.515. The van der Waals surface area contributed by atoms with Crippen LogP contribution in [0.1, 0.15) is 25.7 Å². The average Bonchev–Trinajstić information content (AvgIpc) is 2.19. The van der Waals surface area contributed by atoms with Gasteiger partial charge in [-0.3, -0.25) is 10.9 Å². The predicted octanol–water partition coefficient (Wildman–Crippen LogP) is 0.653. The lowest BCUT2D eigenvalue weighted by molar-refractivity contribution is 0.469. The summed E-state index contributed by atoms with van der Waals surface area (Å²) >= 11 is 0. The van der Waals surface area contributed by atoms with Crippen LogP contribution in [0.25, 0.3) is 0 Å². The molecule has 48 valence electrons. The van der Waals surface area contributed by atoms with Crippen molar-refractivity contribution in [3.8, 4) is 0 Å².